The van der Waals surface area contributed by atoms with Gasteiger partial charge in [-0.25, -0.2) is 0 Å². The minimum absolute atomic E-state index is 0.0532. The molecule has 3 aromatic rings. The Bertz CT molecular complexity index is 1280. The number of hydrogen-bond acceptors (Lipinski definition) is 5. The van der Waals surface area contributed by atoms with E-state index in [9.17, 15) is 19.2 Å². The van der Waals surface area contributed by atoms with Gasteiger partial charge in [-0.05, 0) is 47.6 Å². The molecule has 1 saturated heterocycles. The number of carbonyl (C=O) groups excluding carboxylic acids is 4. The average molecular weight is 427 g/mol. The number of rotatable bonds is 5. The van der Waals surface area contributed by atoms with Gasteiger partial charge in [0.25, 0.3) is 5.91 Å². The third-order valence-electron chi connectivity index (χ3n) is 6.19. The highest BCUT2D eigenvalue weighted by molar-refractivity contribution is 6.05. The van der Waals surface area contributed by atoms with E-state index in [1.54, 1.807) is 18.5 Å². The van der Waals surface area contributed by atoms with E-state index in [4.69, 9.17) is 0 Å². The van der Waals surface area contributed by atoms with Gasteiger partial charge in [-0.15, -0.1) is 0 Å². The lowest BCUT2D eigenvalue weighted by Gasteiger charge is -2.29. The topological polar surface area (TPSA) is 96.4 Å². The third kappa shape index (κ3) is 3.66. The lowest BCUT2D eigenvalue weighted by Crippen LogP contribution is -2.52. The van der Waals surface area contributed by atoms with E-state index in [-0.39, 0.29) is 24.0 Å². The lowest BCUT2D eigenvalue weighted by atomic mass is 9.98. The number of amides is 3. The van der Waals surface area contributed by atoms with Gasteiger partial charge < -0.3 is 4.90 Å². The number of piperidine rings is 1. The summed E-state index contributed by atoms with van der Waals surface area (Å²) in [5.41, 5.74) is 3.05. The van der Waals surface area contributed by atoms with Gasteiger partial charge in [0.05, 0.1) is 0 Å². The summed E-state index contributed by atoms with van der Waals surface area (Å²) >= 11 is 0. The first-order valence-corrected chi connectivity index (χ1v) is 10.6. The molecule has 1 atom stereocenters. The number of hydrogen-bond donors (Lipinski definition) is 1. The molecule has 3 heterocycles. The summed E-state index contributed by atoms with van der Waals surface area (Å²) < 4.78 is 0. The number of pyridine rings is 1. The molecule has 0 bridgehead atoms. The minimum atomic E-state index is -0.625. The normalized spacial score (nSPS) is 18.1. The van der Waals surface area contributed by atoms with Crippen LogP contribution in [-0.4, -0.2) is 39.4 Å². The molecule has 160 valence electrons. The van der Waals surface area contributed by atoms with E-state index in [1.165, 1.54) is 4.90 Å². The number of imide groups is 1. The first-order chi connectivity index (χ1) is 15.5. The van der Waals surface area contributed by atoms with Crippen LogP contribution in [0.25, 0.3) is 10.8 Å². The molecule has 0 radical (unpaired) electrons. The first-order valence-electron chi connectivity index (χ1n) is 10.6. The number of aromatic nitrogens is 1. The fourth-order valence-corrected chi connectivity index (χ4v) is 4.44. The first kappa shape index (κ1) is 20.1. The summed E-state index contributed by atoms with van der Waals surface area (Å²) in [6, 6.07) is 12.5. The van der Waals surface area contributed by atoms with Gasteiger partial charge in [0.2, 0.25) is 11.8 Å². The smallest absolute Gasteiger partial charge is 0.255 e. The number of nitrogens with one attached hydrogen (secondary N) is 1. The zero-order valence-electron chi connectivity index (χ0n) is 17.3. The van der Waals surface area contributed by atoms with Crippen LogP contribution in [0.1, 0.15) is 51.1 Å². The second kappa shape index (κ2) is 8.00. The molecule has 7 nitrogen and oxygen atoms in total. The van der Waals surface area contributed by atoms with E-state index < -0.39 is 11.9 Å². The molecule has 32 heavy (non-hydrogen) atoms. The Kier molecular flexibility index (Phi) is 5.01. The van der Waals surface area contributed by atoms with Crippen molar-refractivity contribution in [2.24, 2.45) is 0 Å². The number of carbonyl (C=O) groups is 4. The Morgan fingerprint density at radius 1 is 1.06 bits per heavy atom. The van der Waals surface area contributed by atoms with Crippen LogP contribution in [0.15, 0.2) is 54.9 Å². The van der Waals surface area contributed by atoms with Gasteiger partial charge in [0, 0.05) is 48.3 Å². The van der Waals surface area contributed by atoms with Crippen molar-refractivity contribution in [3.63, 3.8) is 0 Å². The van der Waals surface area contributed by atoms with Crippen molar-refractivity contribution >= 4 is 34.3 Å². The monoisotopic (exact) mass is 427 g/mol. The van der Waals surface area contributed by atoms with Crippen molar-refractivity contribution in [1.29, 1.82) is 0 Å². The number of fused-ring (bicyclic) bond motifs is 2. The molecule has 0 aliphatic carbocycles. The Morgan fingerprint density at radius 3 is 2.78 bits per heavy atom. The second-order valence-corrected chi connectivity index (χ2v) is 8.25. The maximum atomic E-state index is 12.8. The van der Waals surface area contributed by atoms with Gasteiger partial charge in [0.1, 0.15) is 6.04 Å². The van der Waals surface area contributed by atoms with E-state index in [1.807, 2.05) is 36.4 Å². The molecule has 5 rings (SSSR count). The largest absolute Gasteiger partial charge is 0.322 e. The van der Waals surface area contributed by atoms with Crippen molar-refractivity contribution < 1.29 is 19.2 Å². The van der Waals surface area contributed by atoms with Crippen molar-refractivity contribution in [2.45, 2.75) is 38.3 Å². The van der Waals surface area contributed by atoms with Crippen molar-refractivity contribution in [2.75, 3.05) is 0 Å². The van der Waals surface area contributed by atoms with E-state index in [0.29, 0.717) is 36.9 Å². The summed E-state index contributed by atoms with van der Waals surface area (Å²) in [5, 5.41) is 4.29. The summed E-state index contributed by atoms with van der Waals surface area (Å²) in [6.07, 6.45) is 4.96. The lowest BCUT2D eigenvalue weighted by molar-refractivity contribution is -0.136. The van der Waals surface area contributed by atoms with E-state index >= 15 is 0 Å². The van der Waals surface area contributed by atoms with Crippen LogP contribution < -0.4 is 5.32 Å². The zero-order valence-corrected chi connectivity index (χ0v) is 17.3. The molecule has 7 heteroatoms. The van der Waals surface area contributed by atoms with Crippen LogP contribution in [0.5, 0.6) is 0 Å². The van der Waals surface area contributed by atoms with Crippen molar-refractivity contribution in [3.05, 3.63) is 77.1 Å². The number of benzene rings is 2. The molecule has 0 spiro atoms. The van der Waals surface area contributed by atoms with Gasteiger partial charge >= 0.3 is 0 Å². The van der Waals surface area contributed by atoms with Crippen LogP contribution in [-0.2, 0) is 22.6 Å². The molecule has 2 aromatic carbocycles. The predicted octanol–water partition coefficient (Wildman–Crippen LogP) is 2.81. The van der Waals surface area contributed by atoms with Gasteiger partial charge in [-0.2, -0.15) is 0 Å². The van der Waals surface area contributed by atoms with Crippen LogP contribution in [0.3, 0.4) is 0 Å². The molecule has 3 amide bonds. The Morgan fingerprint density at radius 2 is 1.94 bits per heavy atom. The molecular weight excluding hydrogens is 406 g/mol. The summed E-state index contributed by atoms with van der Waals surface area (Å²) in [7, 11) is 0. The summed E-state index contributed by atoms with van der Waals surface area (Å²) in [4.78, 5) is 54.7. The molecule has 2 aliphatic heterocycles. The van der Waals surface area contributed by atoms with Crippen LogP contribution >= 0.6 is 0 Å². The fraction of sp³-hybridized carbons (Fsp3) is 0.240. The van der Waals surface area contributed by atoms with Crippen LogP contribution in [0.2, 0.25) is 0 Å². The Labute approximate surface area is 184 Å². The van der Waals surface area contributed by atoms with Crippen molar-refractivity contribution in [3.8, 4) is 0 Å². The quantitative estimate of drug-likeness (QED) is 0.499. The average Bonchev–Trinajstić information content (AvgIpc) is 3.12. The number of Topliss-reactive ketones (excluding diaryl/α,β-unsaturated/α-hetero) is 1. The highest BCUT2D eigenvalue weighted by atomic mass is 16.2. The molecule has 1 N–H and O–H groups in total. The predicted molar refractivity (Wildman–Crippen MR) is 117 cm³/mol. The second-order valence-electron chi connectivity index (χ2n) is 8.25. The molecular formula is C25H21N3O4. The standard InChI is InChI=1S/C25H21N3O4/c29-22(17-4-3-16-9-10-26-13-18(16)12-17)7-2-15-1-5-20-19(11-15)14-28(25(20)32)21-6-8-23(30)27-24(21)31/h1,3-5,9-13,21H,2,6-8,14H2,(H,27,30,31). The maximum absolute atomic E-state index is 12.8. The number of ketones is 1. The highest BCUT2D eigenvalue weighted by Gasteiger charge is 2.39. The Hall–Kier alpha value is -3.87. The van der Waals surface area contributed by atoms with Crippen LogP contribution in [0.4, 0.5) is 0 Å². The summed E-state index contributed by atoms with van der Waals surface area (Å²) in [5.74, 6) is -0.858. The van der Waals surface area contributed by atoms with Gasteiger partial charge in [0.15, 0.2) is 5.78 Å². The molecule has 1 aromatic heterocycles. The highest BCUT2D eigenvalue weighted by Crippen LogP contribution is 2.28. The molecule has 1 fully saturated rings. The fourth-order valence-electron chi connectivity index (χ4n) is 4.44. The number of nitrogens with zero attached hydrogens (tertiary/aromatic N) is 2. The molecule has 1 unspecified atom stereocenters. The summed E-state index contributed by atoms with van der Waals surface area (Å²) in [6.45, 7) is 0.333. The maximum Gasteiger partial charge on any atom is 0.255 e. The Balaban J connectivity index is 1.27. The van der Waals surface area contributed by atoms with Crippen molar-refractivity contribution in [1.82, 2.24) is 15.2 Å². The van der Waals surface area contributed by atoms with E-state index in [2.05, 4.69) is 10.3 Å². The SMILES string of the molecule is O=C1CCC(N2Cc3cc(CCC(=O)c4ccc5ccncc5c4)ccc3C2=O)C(=O)N1. The van der Waals surface area contributed by atoms with Crippen LogP contribution in [0, 0.1) is 0 Å². The third-order valence-corrected chi connectivity index (χ3v) is 6.19. The minimum Gasteiger partial charge on any atom is -0.322 e. The molecule has 0 saturated carbocycles. The zero-order chi connectivity index (χ0) is 22.2. The molecule has 2 aliphatic rings. The van der Waals surface area contributed by atoms with Gasteiger partial charge in [-0.3, -0.25) is 29.5 Å². The van der Waals surface area contributed by atoms with E-state index in [0.717, 1.165) is 21.9 Å². The van der Waals surface area contributed by atoms with Gasteiger partial charge in [-0.1, -0.05) is 24.3 Å². The number of aryl methyl sites for hydroxylation is 1.